The Balaban J connectivity index is 2.05. The SMILES string of the molecule is CCN(CC)c1ccc(C=CC=C2SC(=S)N(CC(=O)O)C2=O)cc1. The highest BCUT2D eigenvalue weighted by atomic mass is 32.2. The number of thioether (sulfide) groups is 1. The molecular weight excluding hydrogens is 356 g/mol. The molecule has 1 aliphatic rings. The Labute approximate surface area is 157 Å². The molecular formula is C18H20N2O3S2. The van der Waals surface area contributed by atoms with Crippen LogP contribution in [-0.4, -0.2) is 45.8 Å². The van der Waals surface area contributed by atoms with Crippen LogP contribution < -0.4 is 4.90 Å². The van der Waals surface area contributed by atoms with E-state index >= 15 is 0 Å². The van der Waals surface area contributed by atoms with Gasteiger partial charge in [0.2, 0.25) is 0 Å². The van der Waals surface area contributed by atoms with Crippen molar-refractivity contribution in [2.24, 2.45) is 0 Å². The maximum Gasteiger partial charge on any atom is 0.323 e. The van der Waals surface area contributed by atoms with Gasteiger partial charge < -0.3 is 10.0 Å². The zero-order valence-electron chi connectivity index (χ0n) is 14.1. The number of carbonyl (C=O) groups excluding carboxylic acids is 1. The number of carbonyl (C=O) groups is 2. The lowest BCUT2D eigenvalue weighted by Gasteiger charge is -2.20. The highest BCUT2D eigenvalue weighted by Crippen LogP contribution is 2.30. The molecule has 132 valence electrons. The normalized spacial score (nSPS) is 16.2. The standard InChI is InChI=1S/C18H20N2O3S2/c1-3-19(4-2)14-10-8-13(9-11-14)6-5-7-15-17(23)20(12-16(21)22)18(24)25-15/h5-11H,3-4,12H2,1-2H3,(H,21,22). The molecule has 1 heterocycles. The van der Waals surface area contributed by atoms with Gasteiger partial charge in [-0.2, -0.15) is 0 Å². The molecule has 1 saturated heterocycles. The average molecular weight is 377 g/mol. The minimum atomic E-state index is -1.08. The van der Waals surface area contributed by atoms with Gasteiger partial charge in [-0.3, -0.25) is 14.5 Å². The molecule has 25 heavy (non-hydrogen) atoms. The number of carboxylic acid groups (broad SMARTS) is 1. The molecule has 0 radical (unpaired) electrons. The summed E-state index contributed by atoms with van der Waals surface area (Å²) in [6.07, 6.45) is 5.34. The Kier molecular flexibility index (Phi) is 6.78. The molecule has 0 saturated carbocycles. The lowest BCUT2D eigenvalue weighted by molar-refractivity contribution is -0.140. The summed E-state index contributed by atoms with van der Waals surface area (Å²) in [6, 6.07) is 8.18. The van der Waals surface area contributed by atoms with Crippen LogP contribution in [0.1, 0.15) is 19.4 Å². The summed E-state index contributed by atoms with van der Waals surface area (Å²) in [5.41, 5.74) is 2.20. The first-order chi connectivity index (χ1) is 12.0. The number of hydrogen-bond donors (Lipinski definition) is 1. The number of aliphatic carboxylic acids is 1. The molecule has 0 unspecified atom stereocenters. The second kappa shape index (κ2) is 8.82. The van der Waals surface area contributed by atoms with Gasteiger partial charge >= 0.3 is 5.97 Å². The molecule has 5 nitrogen and oxygen atoms in total. The van der Waals surface area contributed by atoms with Crippen LogP contribution in [0.25, 0.3) is 6.08 Å². The van der Waals surface area contributed by atoms with Crippen LogP contribution in [0.15, 0.2) is 41.3 Å². The number of carboxylic acids is 1. The average Bonchev–Trinajstić information content (AvgIpc) is 2.84. The fraction of sp³-hybridized carbons (Fsp3) is 0.278. The van der Waals surface area contributed by atoms with Crippen LogP contribution in [-0.2, 0) is 9.59 Å². The first-order valence-electron chi connectivity index (χ1n) is 7.95. The number of hydrogen-bond acceptors (Lipinski definition) is 5. The molecule has 1 N–H and O–H groups in total. The minimum Gasteiger partial charge on any atom is -0.480 e. The van der Waals surface area contributed by atoms with E-state index in [1.165, 1.54) is 5.69 Å². The molecule has 0 aliphatic carbocycles. The first-order valence-corrected chi connectivity index (χ1v) is 9.17. The third-order valence-electron chi connectivity index (χ3n) is 3.72. The van der Waals surface area contributed by atoms with Crippen molar-refractivity contribution in [1.82, 2.24) is 4.90 Å². The van der Waals surface area contributed by atoms with Gasteiger partial charge in [-0.05, 0) is 37.6 Å². The molecule has 1 aliphatic heterocycles. The Bertz CT molecular complexity index is 722. The molecule has 7 heteroatoms. The van der Waals surface area contributed by atoms with Gasteiger partial charge in [0.1, 0.15) is 10.9 Å². The lowest BCUT2D eigenvalue weighted by Crippen LogP contribution is -2.33. The van der Waals surface area contributed by atoms with Crippen molar-refractivity contribution >= 4 is 51.9 Å². The number of nitrogens with zero attached hydrogens (tertiary/aromatic N) is 2. The van der Waals surface area contributed by atoms with E-state index in [4.69, 9.17) is 17.3 Å². The Morgan fingerprint density at radius 1 is 1.28 bits per heavy atom. The van der Waals surface area contributed by atoms with Crippen molar-refractivity contribution in [2.45, 2.75) is 13.8 Å². The summed E-state index contributed by atoms with van der Waals surface area (Å²) in [4.78, 5) is 26.7. The van der Waals surface area contributed by atoms with E-state index in [2.05, 4.69) is 30.9 Å². The fourth-order valence-corrected chi connectivity index (χ4v) is 3.62. The van der Waals surface area contributed by atoms with E-state index < -0.39 is 12.5 Å². The van der Waals surface area contributed by atoms with Crippen molar-refractivity contribution < 1.29 is 14.7 Å². The first kappa shape index (κ1) is 19.2. The van der Waals surface area contributed by atoms with E-state index in [9.17, 15) is 9.59 Å². The highest BCUT2D eigenvalue weighted by Gasteiger charge is 2.32. The second-order valence-corrected chi connectivity index (χ2v) is 6.98. The smallest absolute Gasteiger partial charge is 0.323 e. The van der Waals surface area contributed by atoms with Crippen LogP contribution in [0, 0.1) is 0 Å². The summed E-state index contributed by atoms with van der Waals surface area (Å²) in [5.74, 6) is -1.44. The Morgan fingerprint density at radius 3 is 2.48 bits per heavy atom. The van der Waals surface area contributed by atoms with Gasteiger partial charge in [-0.15, -0.1) is 0 Å². The van der Waals surface area contributed by atoms with Crippen LogP contribution in [0.4, 0.5) is 5.69 Å². The number of anilines is 1. The molecule has 2 rings (SSSR count). The van der Waals surface area contributed by atoms with Crippen molar-refractivity contribution in [2.75, 3.05) is 24.5 Å². The van der Waals surface area contributed by atoms with Gasteiger partial charge in [0.15, 0.2) is 0 Å². The quantitative estimate of drug-likeness (QED) is 0.582. The van der Waals surface area contributed by atoms with Crippen LogP contribution in [0.2, 0.25) is 0 Å². The zero-order valence-corrected chi connectivity index (χ0v) is 15.8. The summed E-state index contributed by atoms with van der Waals surface area (Å²) >= 11 is 6.17. The van der Waals surface area contributed by atoms with Gasteiger partial charge in [-0.1, -0.05) is 48.3 Å². The molecule has 1 aromatic carbocycles. The molecule has 1 aromatic rings. The molecule has 1 fully saturated rings. The van der Waals surface area contributed by atoms with Crippen molar-refractivity contribution in [3.63, 3.8) is 0 Å². The fourth-order valence-electron chi connectivity index (χ4n) is 2.42. The Morgan fingerprint density at radius 2 is 1.92 bits per heavy atom. The van der Waals surface area contributed by atoms with E-state index in [0.717, 1.165) is 35.3 Å². The number of allylic oxidation sites excluding steroid dienone is 2. The van der Waals surface area contributed by atoms with Gasteiger partial charge in [0, 0.05) is 18.8 Å². The molecule has 0 atom stereocenters. The predicted molar refractivity (Wildman–Crippen MR) is 107 cm³/mol. The number of amides is 1. The van der Waals surface area contributed by atoms with Crippen molar-refractivity contribution in [3.8, 4) is 0 Å². The largest absolute Gasteiger partial charge is 0.480 e. The number of rotatable bonds is 7. The molecule has 0 spiro atoms. The van der Waals surface area contributed by atoms with Gasteiger partial charge in [-0.25, -0.2) is 0 Å². The van der Waals surface area contributed by atoms with Crippen LogP contribution >= 0.6 is 24.0 Å². The topological polar surface area (TPSA) is 60.9 Å². The van der Waals surface area contributed by atoms with Crippen LogP contribution in [0.5, 0.6) is 0 Å². The van der Waals surface area contributed by atoms with Crippen LogP contribution in [0.3, 0.4) is 0 Å². The number of thiocarbonyl (C=S) groups is 1. The third kappa shape index (κ3) is 4.93. The highest BCUT2D eigenvalue weighted by molar-refractivity contribution is 8.26. The van der Waals surface area contributed by atoms with E-state index in [0.29, 0.717) is 4.91 Å². The minimum absolute atomic E-state index is 0.274. The summed E-state index contributed by atoms with van der Waals surface area (Å²) in [7, 11) is 0. The predicted octanol–water partition coefficient (Wildman–Crippen LogP) is 3.37. The maximum atomic E-state index is 12.1. The van der Waals surface area contributed by atoms with E-state index in [1.807, 2.05) is 18.2 Å². The monoisotopic (exact) mass is 376 g/mol. The zero-order chi connectivity index (χ0) is 18.4. The summed E-state index contributed by atoms with van der Waals surface area (Å²) in [5, 5.41) is 8.82. The van der Waals surface area contributed by atoms with Gasteiger partial charge in [0.25, 0.3) is 5.91 Å². The van der Waals surface area contributed by atoms with E-state index in [-0.39, 0.29) is 10.2 Å². The summed E-state index contributed by atoms with van der Waals surface area (Å²) < 4.78 is 0.274. The molecule has 0 aromatic heterocycles. The molecule has 0 bridgehead atoms. The molecule has 1 amide bonds. The van der Waals surface area contributed by atoms with E-state index in [1.54, 1.807) is 12.2 Å². The van der Waals surface area contributed by atoms with Crippen molar-refractivity contribution in [3.05, 3.63) is 46.9 Å². The lowest BCUT2D eigenvalue weighted by atomic mass is 10.2. The number of benzene rings is 1. The second-order valence-electron chi connectivity index (χ2n) is 5.31. The third-order valence-corrected chi connectivity index (χ3v) is 5.12. The van der Waals surface area contributed by atoms with Gasteiger partial charge in [0.05, 0.1) is 4.91 Å². The van der Waals surface area contributed by atoms with Crippen molar-refractivity contribution in [1.29, 1.82) is 0 Å². The Hall–Kier alpha value is -2.12. The maximum absolute atomic E-state index is 12.1. The summed E-state index contributed by atoms with van der Waals surface area (Å²) in [6.45, 7) is 5.77.